The van der Waals surface area contributed by atoms with Crippen LogP contribution in [-0.2, 0) is 6.54 Å². The number of rotatable bonds is 11. The number of ether oxygens (including phenoxy) is 2. The number of hydrogen-bond acceptors (Lipinski definition) is 7. The third-order valence-corrected chi connectivity index (χ3v) is 7.47. The minimum Gasteiger partial charge on any atom is -0.493 e. The van der Waals surface area contributed by atoms with Gasteiger partial charge in [-0.25, -0.2) is 9.97 Å². The van der Waals surface area contributed by atoms with Crippen molar-refractivity contribution in [1.29, 1.82) is 0 Å². The normalized spacial score (nSPS) is 11.0. The third-order valence-electron chi connectivity index (χ3n) is 6.34. The number of benzene rings is 2. The Balaban J connectivity index is 1.22. The van der Waals surface area contributed by atoms with E-state index in [4.69, 9.17) is 9.47 Å². The number of aromatic nitrogens is 3. The van der Waals surface area contributed by atoms with Crippen LogP contribution in [0.4, 0.5) is 0 Å². The minimum atomic E-state index is -0.165. The number of Topliss-reactive ketones (excluding diaryl/α,β-unsaturated/α-hetero) is 2. The van der Waals surface area contributed by atoms with Crippen molar-refractivity contribution in [2.24, 2.45) is 0 Å². The average molecular weight is 526 g/mol. The van der Waals surface area contributed by atoms with Crippen LogP contribution in [0, 0.1) is 6.92 Å². The van der Waals surface area contributed by atoms with Crippen molar-refractivity contribution in [2.45, 2.75) is 26.3 Å². The first kappa shape index (κ1) is 25.4. The Hall–Kier alpha value is -4.30. The molecule has 5 rings (SSSR count). The number of thiophene rings is 1. The van der Waals surface area contributed by atoms with Crippen molar-refractivity contribution < 1.29 is 19.1 Å². The fraction of sp³-hybridized carbons (Fsp3) is 0.200. The van der Waals surface area contributed by atoms with Gasteiger partial charge in [-0.15, -0.1) is 11.3 Å². The molecule has 192 valence electrons. The number of ketones is 2. The van der Waals surface area contributed by atoms with Gasteiger partial charge in [-0.1, -0.05) is 24.3 Å². The number of nitrogens with zero attached hydrogens (tertiary/aromatic N) is 3. The molecule has 0 spiro atoms. The molecular formula is C30H27N3O4S. The summed E-state index contributed by atoms with van der Waals surface area (Å²) in [4.78, 5) is 34.5. The number of fused-ring (bicyclic) bond motifs is 1. The zero-order chi connectivity index (χ0) is 26.5. The van der Waals surface area contributed by atoms with Gasteiger partial charge in [0.2, 0.25) is 0 Å². The first-order valence-corrected chi connectivity index (χ1v) is 13.2. The molecule has 0 atom stereocenters. The average Bonchev–Trinajstić information content (AvgIpc) is 3.63. The van der Waals surface area contributed by atoms with Gasteiger partial charge in [0.1, 0.15) is 12.3 Å². The molecule has 38 heavy (non-hydrogen) atoms. The molecule has 2 aromatic carbocycles. The summed E-state index contributed by atoms with van der Waals surface area (Å²) < 4.78 is 14.4. The Morgan fingerprint density at radius 2 is 1.84 bits per heavy atom. The fourth-order valence-electron chi connectivity index (χ4n) is 4.28. The van der Waals surface area contributed by atoms with E-state index < -0.39 is 0 Å². The van der Waals surface area contributed by atoms with Gasteiger partial charge < -0.3 is 14.0 Å². The largest absolute Gasteiger partial charge is 0.493 e. The Bertz CT molecular complexity index is 1590. The second kappa shape index (κ2) is 11.4. The Kier molecular flexibility index (Phi) is 7.60. The van der Waals surface area contributed by atoms with Crippen molar-refractivity contribution >= 4 is 33.0 Å². The van der Waals surface area contributed by atoms with Crippen LogP contribution in [0.25, 0.3) is 21.3 Å². The lowest BCUT2D eigenvalue weighted by Crippen LogP contribution is -2.09. The first-order valence-electron chi connectivity index (χ1n) is 12.3. The SMILES string of the molecule is COc1cc(C(=O)CCC(=O)c2cccc(-c3csc4c(C)cccc34)n2)ccc1OCCn1ccnc1. The molecule has 0 amide bonds. The quantitative estimate of drug-likeness (QED) is 0.186. The van der Waals surface area contributed by atoms with Crippen molar-refractivity contribution in [2.75, 3.05) is 13.7 Å². The lowest BCUT2D eigenvalue weighted by atomic mass is 10.0. The number of carbonyl (C=O) groups excluding carboxylic acids is 2. The lowest BCUT2D eigenvalue weighted by molar-refractivity contribution is 0.0915. The Morgan fingerprint density at radius 1 is 1.00 bits per heavy atom. The van der Waals surface area contributed by atoms with Gasteiger partial charge in [-0.2, -0.15) is 0 Å². The number of aryl methyl sites for hydroxylation is 1. The van der Waals surface area contributed by atoms with E-state index in [2.05, 4.69) is 34.4 Å². The zero-order valence-electron chi connectivity index (χ0n) is 21.2. The highest BCUT2D eigenvalue weighted by Crippen LogP contribution is 2.35. The van der Waals surface area contributed by atoms with Gasteiger partial charge in [0.25, 0.3) is 0 Å². The summed E-state index contributed by atoms with van der Waals surface area (Å²) in [5.74, 6) is 0.720. The first-order chi connectivity index (χ1) is 18.5. The van der Waals surface area contributed by atoms with Crippen LogP contribution in [0.2, 0.25) is 0 Å². The van der Waals surface area contributed by atoms with Gasteiger partial charge >= 0.3 is 0 Å². The predicted molar refractivity (Wildman–Crippen MR) is 148 cm³/mol. The predicted octanol–water partition coefficient (Wildman–Crippen LogP) is 6.40. The third kappa shape index (κ3) is 5.50. The molecule has 3 aromatic heterocycles. The molecule has 7 nitrogen and oxygen atoms in total. The molecule has 0 bridgehead atoms. The van der Waals surface area contributed by atoms with E-state index in [1.54, 1.807) is 48.1 Å². The molecule has 0 saturated carbocycles. The van der Waals surface area contributed by atoms with Crippen LogP contribution in [0.1, 0.15) is 39.3 Å². The standard InChI is InChI=1S/C30H27N3O4S/c1-20-5-3-6-22-23(18-38-30(20)22)24-7-4-8-25(32-24)27(35)11-10-26(34)21-9-12-28(29(17-21)36-2)37-16-15-33-14-13-31-19-33/h3-9,12-14,17-19H,10-11,15-16H2,1-2H3. The van der Waals surface area contributed by atoms with Crippen LogP contribution in [0.15, 0.2) is 78.7 Å². The number of methoxy groups -OCH3 is 1. The maximum atomic E-state index is 12.9. The van der Waals surface area contributed by atoms with E-state index >= 15 is 0 Å². The van der Waals surface area contributed by atoms with Crippen LogP contribution in [0.5, 0.6) is 11.5 Å². The van der Waals surface area contributed by atoms with Gasteiger partial charge in [0.15, 0.2) is 23.1 Å². The molecule has 0 N–H and O–H groups in total. The van der Waals surface area contributed by atoms with E-state index in [1.807, 2.05) is 29.0 Å². The summed E-state index contributed by atoms with van der Waals surface area (Å²) in [5.41, 5.74) is 3.82. The summed E-state index contributed by atoms with van der Waals surface area (Å²) >= 11 is 1.68. The van der Waals surface area contributed by atoms with Gasteiger partial charge in [0, 0.05) is 51.8 Å². The molecule has 3 heterocycles. The second-order valence-electron chi connectivity index (χ2n) is 8.87. The Labute approximate surface area is 224 Å². The minimum absolute atomic E-state index is 0.0737. The van der Waals surface area contributed by atoms with Crippen LogP contribution < -0.4 is 9.47 Å². The van der Waals surface area contributed by atoms with E-state index in [-0.39, 0.29) is 24.4 Å². The maximum absolute atomic E-state index is 12.9. The van der Waals surface area contributed by atoms with Gasteiger partial charge in [-0.05, 0) is 42.8 Å². The summed E-state index contributed by atoms with van der Waals surface area (Å²) in [6.45, 7) is 3.16. The van der Waals surface area contributed by atoms with E-state index in [0.717, 1.165) is 16.6 Å². The molecule has 0 saturated heterocycles. The number of pyridine rings is 1. The highest BCUT2D eigenvalue weighted by molar-refractivity contribution is 7.18. The molecule has 0 fully saturated rings. The molecule has 5 aromatic rings. The number of carbonyl (C=O) groups is 2. The van der Waals surface area contributed by atoms with Crippen molar-refractivity contribution in [1.82, 2.24) is 14.5 Å². The molecule has 0 aliphatic rings. The van der Waals surface area contributed by atoms with E-state index in [0.29, 0.717) is 35.9 Å². The number of imidazole rings is 1. The molecule has 0 radical (unpaired) electrons. The molecule has 0 aliphatic heterocycles. The highest BCUT2D eigenvalue weighted by atomic mass is 32.1. The summed E-state index contributed by atoms with van der Waals surface area (Å²) in [6, 6.07) is 16.7. The fourth-order valence-corrected chi connectivity index (χ4v) is 5.32. The molecular weight excluding hydrogens is 498 g/mol. The topological polar surface area (TPSA) is 83.3 Å². The molecule has 0 aliphatic carbocycles. The van der Waals surface area contributed by atoms with Crippen LogP contribution in [0.3, 0.4) is 0 Å². The lowest BCUT2D eigenvalue weighted by Gasteiger charge is -2.12. The van der Waals surface area contributed by atoms with Crippen LogP contribution >= 0.6 is 11.3 Å². The number of hydrogen-bond donors (Lipinski definition) is 0. The van der Waals surface area contributed by atoms with E-state index in [1.165, 1.54) is 17.4 Å². The summed E-state index contributed by atoms with van der Waals surface area (Å²) in [6.07, 6.45) is 5.45. The highest BCUT2D eigenvalue weighted by Gasteiger charge is 2.16. The molecule has 0 unspecified atom stereocenters. The monoisotopic (exact) mass is 525 g/mol. The van der Waals surface area contributed by atoms with Crippen molar-refractivity contribution in [3.05, 3.63) is 95.5 Å². The molecule has 8 heteroatoms. The summed E-state index contributed by atoms with van der Waals surface area (Å²) in [7, 11) is 1.53. The maximum Gasteiger partial charge on any atom is 0.181 e. The zero-order valence-corrected chi connectivity index (χ0v) is 22.0. The van der Waals surface area contributed by atoms with Crippen molar-refractivity contribution in [3.8, 4) is 22.8 Å². The second-order valence-corrected chi connectivity index (χ2v) is 9.75. The van der Waals surface area contributed by atoms with Crippen LogP contribution in [-0.4, -0.2) is 39.8 Å². The summed E-state index contributed by atoms with van der Waals surface area (Å²) in [5, 5.41) is 3.21. The van der Waals surface area contributed by atoms with Gasteiger partial charge in [0.05, 0.1) is 25.7 Å². The van der Waals surface area contributed by atoms with Crippen molar-refractivity contribution in [3.63, 3.8) is 0 Å². The smallest absolute Gasteiger partial charge is 0.181 e. The van der Waals surface area contributed by atoms with E-state index in [9.17, 15) is 9.59 Å². The van der Waals surface area contributed by atoms with Gasteiger partial charge in [-0.3, -0.25) is 9.59 Å². The Morgan fingerprint density at radius 3 is 2.66 bits per heavy atom.